The molecule has 0 spiro atoms. The second-order valence-corrected chi connectivity index (χ2v) is 7.53. The van der Waals surface area contributed by atoms with Crippen LogP contribution in [-0.4, -0.2) is 59.1 Å². The second-order valence-electron chi connectivity index (χ2n) is 7.53. The third-order valence-electron chi connectivity index (χ3n) is 4.83. The Hall–Kier alpha value is -2.20. The quantitative estimate of drug-likeness (QED) is 0.369. The molecular weight excluding hydrogens is 396 g/mol. The summed E-state index contributed by atoms with van der Waals surface area (Å²) in [5, 5.41) is 15.4. The number of aliphatic hydroxyl groups is 1. The van der Waals surface area contributed by atoms with Crippen molar-refractivity contribution in [2.24, 2.45) is 10.9 Å². The van der Waals surface area contributed by atoms with Crippen molar-refractivity contribution in [3.8, 4) is 0 Å². The van der Waals surface area contributed by atoms with Crippen LogP contribution in [0.5, 0.6) is 0 Å². The van der Waals surface area contributed by atoms with Crippen molar-refractivity contribution in [2.75, 3.05) is 18.5 Å². The van der Waals surface area contributed by atoms with E-state index in [0.29, 0.717) is 12.5 Å². The van der Waals surface area contributed by atoms with Crippen LogP contribution in [0.2, 0.25) is 0 Å². The summed E-state index contributed by atoms with van der Waals surface area (Å²) in [5.74, 6) is 0.288. The van der Waals surface area contributed by atoms with Crippen molar-refractivity contribution in [1.82, 2.24) is 15.3 Å². The van der Waals surface area contributed by atoms with Gasteiger partial charge in [0.25, 0.3) is 5.91 Å². The highest BCUT2D eigenvalue weighted by atomic mass is 19.3. The molecule has 10 heteroatoms. The summed E-state index contributed by atoms with van der Waals surface area (Å²) in [5.41, 5.74) is 0.159. The van der Waals surface area contributed by atoms with Crippen LogP contribution < -0.4 is 10.6 Å². The Balaban J connectivity index is 2.12. The number of aliphatic hydroxyl groups excluding tert-OH is 1. The van der Waals surface area contributed by atoms with E-state index in [0.717, 1.165) is 38.5 Å². The Labute approximate surface area is 175 Å². The normalized spacial score (nSPS) is 20.5. The van der Waals surface area contributed by atoms with Gasteiger partial charge < -0.3 is 20.5 Å². The number of halogens is 2. The third kappa shape index (κ3) is 8.27. The minimum Gasteiger partial charge on any atom is -0.393 e. The molecule has 3 N–H and O–H groups in total. The molecule has 0 aromatic carbocycles. The Morgan fingerprint density at radius 1 is 1.40 bits per heavy atom. The third-order valence-corrected chi connectivity index (χ3v) is 4.83. The molecule has 1 atom stereocenters. The van der Waals surface area contributed by atoms with Gasteiger partial charge in [0.2, 0.25) is 5.95 Å². The van der Waals surface area contributed by atoms with E-state index in [1.54, 1.807) is 13.1 Å². The Morgan fingerprint density at radius 2 is 2.13 bits per heavy atom. The average molecular weight is 427 g/mol. The number of aromatic nitrogens is 2. The van der Waals surface area contributed by atoms with Crippen LogP contribution in [0.3, 0.4) is 0 Å². The molecule has 2 rings (SSSR count). The highest BCUT2D eigenvalue weighted by Crippen LogP contribution is 2.24. The van der Waals surface area contributed by atoms with Crippen molar-refractivity contribution in [3.63, 3.8) is 0 Å². The molecule has 8 nitrogen and oxygen atoms in total. The number of unbranched alkanes of at least 4 members (excludes halogenated alkanes) is 1. The first-order valence-electron chi connectivity index (χ1n) is 10.4. The number of ether oxygens (including phenoxy) is 1. The lowest BCUT2D eigenvalue weighted by Crippen LogP contribution is -2.36. The summed E-state index contributed by atoms with van der Waals surface area (Å²) in [6.45, 7) is 1.14. The molecule has 1 amide bonds. The van der Waals surface area contributed by atoms with E-state index in [9.17, 15) is 18.7 Å². The largest absolute Gasteiger partial charge is 0.393 e. The fraction of sp³-hybridized carbons (Fsp3) is 0.700. The maximum atomic E-state index is 12.6. The maximum Gasteiger partial charge on any atom is 0.345 e. The number of nitrogens with zero attached hydrogens (tertiary/aromatic N) is 3. The standard InChI is InChI=1S/C20H31F2N5O3/c1-3-4-9-23-20-25-11-16(18(29)26-13(2)12-30-19(21)22)17(27-20)24-10-14-5-7-15(28)8-6-14/h10-11,13-15,19,28H,3-9,12H2,1-2H3,(H,26,29)(H,23,25,27)/b24-10+/t13-,14?,15?/m0/s1. The molecular formula is C20H31F2N5O3. The number of hydrogen-bond acceptors (Lipinski definition) is 7. The van der Waals surface area contributed by atoms with Gasteiger partial charge in [0.05, 0.1) is 12.7 Å². The number of amides is 1. The van der Waals surface area contributed by atoms with Crippen LogP contribution in [0, 0.1) is 5.92 Å². The van der Waals surface area contributed by atoms with Crippen molar-refractivity contribution >= 4 is 23.9 Å². The van der Waals surface area contributed by atoms with Gasteiger partial charge in [-0.3, -0.25) is 4.79 Å². The summed E-state index contributed by atoms with van der Waals surface area (Å²) in [7, 11) is 0. The van der Waals surface area contributed by atoms with Crippen molar-refractivity contribution in [2.45, 2.75) is 71.1 Å². The number of anilines is 1. The van der Waals surface area contributed by atoms with Crippen molar-refractivity contribution in [3.05, 3.63) is 11.8 Å². The lowest BCUT2D eigenvalue weighted by atomic mass is 9.88. The lowest BCUT2D eigenvalue weighted by molar-refractivity contribution is -0.132. The summed E-state index contributed by atoms with van der Waals surface area (Å²) < 4.78 is 28.6. The van der Waals surface area contributed by atoms with Gasteiger partial charge in [-0.2, -0.15) is 13.8 Å². The molecule has 1 heterocycles. The van der Waals surface area contributed by atoms with E-state index >= 15 is 0 Å². The van der Waals surface area contributed by atoms with Crippen LogP contribution in [-0.2, 0) is 4.74 Å². The number of nitrogens with one attached hydrogen (secondary N) is 2. The second kappa shape index (κ2) is 12.5. The molecule has 1 aromatic rings. The number of rotatable bonds is 11. The van der Waals surface area contributed by atoms with Crippen molar-refractivity contribution < 1.29 is 23.4 Å². The Bertz CT molecular complexity index is 697. The number of aliphatic imine (C=N–C) groups is 1. The summed E-state index contributed by atoms with van der Waals surface area (Å²) >= 11 is 0. The fourth-order valence-electron chi connectivity index (χ4n) is 3.08. The molecule has 30 heavy (non-hydrogen) atoms. The predicted octanol–water partition coefficient (Wildman–Crippen LogP) is 3.30. The molecule has 0 bridgehead atoms. The molecule has 1 aliphatic carbocycles. The van der Waals surface area contributed by atoms with E-state index in [4.69, 9.17) is 0 Å². The average Bonchev–Trinajstić information content (AvgIpc) is 2.72. The minimum atomic E-state index is -2.89. The summed E-state index contributed by atoms with van der Waals surface area (Å²) in [4.78, 5) is 25.6. The molecule has 1 saturated carbocycles. The van der Waals surface area contributed by atoms with Crippen LogP contribution in [0.1, 0.15) is 62.7 Å². The van der Waals surface area contributed by atoms with Crippen LogP contribution in [0.4, 0.5) is 20.5 Å². The first kappa shape index (κ1) is 24.1. The number of carbonyl (C=O) groups is 1. The lowest BCUT2D eigenvalue weighted by Gasteiger charge is -2.22. The number of carbonyl (C=O) groups excluding carboxylic acids is 1. The highest BCUT2D eigenvalue weighted by Gasteiger charge is 2.20. The Morgan fingerprint density at radius 3 is 2.80 bits per heavy atom. The highest BCUT2D eigenvalue weighted by molar-refractivity contribution is 5.98. The van der Waals surface area contributed by atoms with Gasteiger partial charge in [-0.05, 0) is 44.9 Å². The topological polar surface area (TPSA) is 109 Å². The molecule has 1 aliphatic rings. The van der Waals surface area contributed by atoms with E-state index in [-0.39, 0.29) is 30.0 Å². The van der Waals surface area contributed by atoms with Gasteiger partial charge in [0.15, 0.2) is 5.82 Å². The van der Waals surface area contributed by atoms with E-state index in [1.807, 2.05) is 0 Å². The summed E-state index contributed by atoms with van der Waals surface area (Å²) in [6, 6.07) is -0.620. The monoisotopic (exact) mass is 427 g/mol. The van der Waals surface area contributed by atoms with Gasteiger partial charge in [0.1, 0.15) is 5.56 Å². The minimum absolute atomic E-state index is 0.159. The molecule has 0 saturated heterocycles. The number of hydrogen-bond donors (Lipinski definition) is 3. The molecule has 0 aliphatic heterocycles. The zero-order valence-electron chi connectivity index (χ0n) is 17.5. The fourth-order valence-corrected chi connectivity index (χ4v) is 3.08. The zero-order chi connectivity index (χ0) is 21.9. The predicted molar refractivity (Wildman–Crippen MR) is 110 cm³/mol. The van der Waals surface area contributed by atoms with Gasteiger partial charge in [-0.25, -0.2) is 9.98 Å². The first-order chi connectivity index (χ1) is 14.4. The molecule has 0 radical (unpaired) electrons. The van der Waals surface area contributed by atoms with E-state index in [1.165, 1.54) is 6.20 Å². The Kier molecular flexibility index (Phi) is 10.0. The maximum absolute atomic E-state index is 12.6. The van der Waals surface area contributed by atoms with Crippen molar-refractivity contribution in [1.29, 1.82) is 0 Å². The van der Waals surface area contributed by atoms with Gasteiger partial charge >= 0.3 is 6.61 Å². The number of alkyl halides is 2. The van der Waals surface area contributed by atoms with E-state index in [2.05, 4.69) is 37.3 Å². The smallest absolute Gasteiger partial charge is 0.345 e. The van der Waals surface area contributed by atoms with Crippen LogP contribution >= 0.6 is 0 Å². The molecule has 168 valence electrons. The van der Waals surface area contributed by atoms with Crippen LogP contribution in [0.25, 0.3) is 0 Å². The molecule has 1 aromatic heterocycles. The van der Waals surface area contributed by atoms with Gasteiger partial charge in [-0.15, -0.1) is 0 Å². The molecule has 1 fully saturated rings. The van der Waals surface area contributed by atoms with Crippen LogP contribution in [0.15, 0.2) is 11.2 Å². The summed E-state index contributed by atoms with van der Waals surface area (Å²) in [6.07, 6.45) is 7.95. The SMILES string of the molecule is CCCCNc1ncc(C(=O)N[C@@H](C)COC(F)F)c(/N=C/C2CCC(O)CC2)n1. The first-order valence-corrected chi connectivity index (χ1v) is 10.4. The molecule has 0 unspecified atom stereocenters. The van der Waals surface area contributed by atoms with E-state index < -0.39 is 18.6 Å². The van der Waals surface area contributed by atoms with Gasteiger partial charge in [-0.1, -0.05) is 13.3 Å². The van der Waals surface area contributed by atoms with Gasteiger partial charge in [0, 0.05) is 25.0 Å². The zero-order valence-corrected chi connectivity index (χ0v) is 17.5.